The second kappa shape index (κ2) is 7.40. The van der Waals surface area contributed by atoms with Crippen molar-refractivity contribution in [3.63, 3.8) is 0 Å². The molecule has 1 aliphatic heterocycles. The number of nitrogens with zero attached hydrogens (tertiary/aromatic N) is 4. The minimum atomic E-state index is -0.464. The summed E-state index contributed by atoms with van der Waals surface area (Å²) in [5.74, 6) is -0.388. The first-order chi connectivity index (χ1) is 14.6. The van der Waals surface area contributed by atoms with Crippen molar-refractivity contribution in [3.8, 4) is 11.3 Å². The van der Waals surface area contributed by atoms with E-state index in [1.165, 1.54) is 6.07 Å². The molecule has 1 fully saturated rings. The average molecular weight is 403 g/mol. The van der Waals surface area contributed by atoms with Crippen LogP contribution in [0, 0.1) is 11.7 Å². The van der Waals surface area contributed by atoms with Gasteiger partial charge in [-0.25, -0.2) is 4.39 Å². The number of carbonyl (C=O) groups is 1. The van der Waals surface area contributed by atoms with Gasteiger partial charge >= 0.3 is 0 Å². The minimum absolute atomic E-state index is 0.0785. The summed E-state index contributed by atoms with van der Waals surface area (Å²) in [7, 11) is 0. The van der Waals surface area contributed by atoms with Crippen molar-refractivity contribution in [1.82, 2.24) is 24.6 Å². The second-order valence-electron chi connectivity index (χ2n) is 7.97. The number of benzene rings is 1. The van der Waals surface area contributed by atoms with Crippen LogP contribution in [0.25, 0.3) is 22.2 Å². The van der Waals surface area contributed by atoms with Crippen LogP contribution in [-0.4, -0.2) is 43.1 Å². The highest BCUT2D eigenvalue weighted by atomic mass is 19.1. The molecule has 0 spiro atoms. The van der Waals surface area contributed by atoms with E-state index in [1.54, 1.807) is 29.3 Å². The molecule has 3 aromatic heterocycles. The normalized spacial score (nSPS) is 18.9. The molecule has 6 nitrogen and oxygen atoms in total. The van der Waals surface area contributed by atoms with Gasteiger partial charge in [0.2, 0.25) is 0 Å². The first kappa shape index (κ1) is 18.5. The van der Waals surface area contributed by atoms with Gasteiger partial charge in [-0.2, -0.15) is 5.10 Å². The molecule has 1 N–H and O–H groups in total. The smallest absolute Gasteiger partial charge is 0.257 e. The molecular weight excluding hydrogens is 381 g/mol. The van der Waals surface area contributed by atoms with Crippen molar-refractivity contribution < 1.29 is 9.18 Å². The number of pyridine rings is 1. The Morgan fingerprint density at radius 1 is 1.27 bits per heavy atom. The zero-order valence-electron chi connectivity index (χ0n) is 16.6. The van der Waals surface area contributed by atoms with Gasteiger partial charge in [0.15, 0.2) is 0 Å². The van der Waals surface area contributed by atoms with Gasteiger partial charge in [-0.3, -0.25) is 14.9 Å². The van der Waals surface area contributed by atoms with E-state index < -0.39 is 5.82 Å². The number of H-pyrrole nitrogens is 1. The molecule has 1 saturated heterocycles. The lowest BCUT2D eigenvalue weighted by atomic mass is 10.1. The van der Waals surface area contributed by atoms with E-state index in [0.717, 1.165) is 35.1 Å². The van der Waals surface area contributed by atoms with Crippen LogP contribution in [-0.2, 0) is 6.54 Å². The Labute approximate surface area is 173 Å². The largest absolute Gasteiger partial charge is 0.346 e. The molecule has 0 aliphatic carbocycles. The number of aromatic nitrogens is 4. The van der Waals surface area contributed by atoms with Gasteiger partial charge in [0.05, 0.1) is 29.2 Å². The summed E-state index contributed by atoms with van der Waals surface area (Å²) in [4.78, 5) is 19.2. The summed E-state index contributed by atoms with van der Waals surface area (Å²) in [6.07, 6.45) is 8.43. The van der Waals surface area contributed by atoms with Crippen LogP contribution >= 0.6 is 0 Å². The van der Waals surface area contributed by atoms with Crippen molar-refractivity contribution in [2.75, 3.05) is 6.54 Å². The van der Waals surface area contributed by atoms with E-state index in [2.05, 4.69) is 38.1 Å². The van der Waals surface area contributed by atoms with E-state index in [1.807, 2.05) is 19.3 Å². The fourth-order valence-electron chi connectivity index (χ4n) is 4.42. The Balaban J connectivity index is 1.33. The maximum absolute atomic E-state index is 14.1. The van der Waals surface area contributed by atoms with Gasteiger partial charge in [-0.1, -0.05) is 12.1 Å². The lowest BCUT2D eigenvalue weighted by Crippen LogP contribution is -2.34. The molecule has 2 unspecified atom stereocenters. The van der Waals surface area contributed by atoms with E-state index in [9.17, 15) is 9.18 Å². The Morgan fingerprint density at radius 3 is 2.93 bits per heavy atom. The number of fused-ring (bicyclic) bond motifs is 1. The first-order valence-electron chi connectivity index (χ1n) is 10.1. The molecule has 2 atom stereocenters. The highest BCUT2D eigenvalue weighted by molar-refractivity contribution is 5.94. The van der Waals surface area contributed by atoms with Gasteiger partial charge in [0.1, 0.15) is 5.82 Å². The molecule has 0 bridgehead atoms. The van der Waals surface area contributed by atoms with E-state index in [4.69, 9.17) is 0 Å². The molecular formula is C23H22FN5O. The molecule has 1 amide bonds. The summed E-state index contributed by atoms with van der Waals surface area (Å²) < 4.78 is 16.3. The highest BCUT2D eigenvalue weighted by Crippen LogP contribution is 2.29. The third kappa shape index (κ3) is 3.26. The molecule has 4 heterocycles. The number of amides is 1. The number of hydrogen-bond donors (Lipinski definition) is 1. The topological polar surface area (TPSA) is 66.8 Å². The molecule has 7 heteroatoms. The number of likely N-dealkylation sites (tertiary alicyclic amines) is 1. The molecule has 1 aromatic carbocycles. The van der Waals surface area contributed by atoms with Crippen molar-refractivity contribution in [2.24, 2.45) is 5.92 Å². The van der Waals surface area contributed by atoms with Crippen LogP contribution in [0.3, 0.4) is 0 Å². The zero-order chi connectivity index (χ0) is 20.7. The predicted molar refractivity (Wildman–Crippen MR) is 112 cm³/mol. The van der Waals surface area contributed by atoms with Crippen LogP contribution in [0.5, 0.6) is 0 Å². The Kier molecular flexibility index (Phi) is 4.58. The van der Waals surface area contributed by atoms with E-state index in [-0.39, 0.29) is 17.5 Å². The van der Waals surface area contributed by atoms with Crippen LogP contribution in [0.1, 0.15) is 23.7 Å². The van der Waals surface area contributed by atoms with Gasteiger partial charge in [0, 0.05) is 42.5 Å². The lowest BCUT2D eigenvalue weighted by Gasteiger charge is -2.22. The summed E-state index contributed by atoms with van der Waals surface area (Å²) in [6, 6.07) is 10.4. The van der Waals surface area contributed by atoms with Gasteiger partial charge < -0.3 is 9.47 Å². The molecule has 0 saturated carbocycles. The summed E-state index contributed by atoms with van der Waals surface area (Å²) in [6.45, 7) is 3.45. The quantitative estimate of drug-likeness (QED) is 0.557. The summed E-state index contributed by atoms with van der Waals surface area (Å²) in [5.41, 5.74) is 3.04. The standard InChI is InChI=1S/C23H22FN5O/c1-15-8-16(14-29(15)23(30)19-4-2-3-5-20(19)24)13-28-7-6-17-9-21(25-12-22(17)28)18-10-26-27-11-18/h2-7,9-12,15-16H,8,13-14H2,1H3,(H,26,27). The Morgan fingerprint density at radius 2 is 2.13 bits per heavy atom. The number of aromatic amines is 1. The number of halogens is 1. The summed E-state index contributed by atoms with van der Waals surface area (Å²) >= 11 is 0. The molecule has 5 rings (SSSR count). The van der Waals surface area contributed by atoms with Crippen molar-refractivity contribution in [2.45, 2.75) is 25.9 Å². The highest BCUT2D eigenvalue weighted by Gasteiger charge is 2.34. The van der Waals surface area contributed by atoms with Gasteiger partial charge in [-0.15, -0.1) is 0 Å². The molecule has 152 valence electrons. The number of carbonyl (C=O) groups excluding carboxylic acids is 1. The Bertz CT molecular complexity index is 1200. The van der Waals surface area contributed by atoms with Crippen LogP contribution in [0.2, 0.25) is 0 Å². The number of hydrogen-bond acceptors (Lipinski definition) is 3. The van der Waals surface area contributed by atoms with Crippen molar-refractivity contribution in [1.29, 1.82) is 0 Å². The average Bonchev–Trinajstić information content (AvgIpc) is 3.48. The minimum Gasteiger partial charge on any atom is -0.346 e. The molecule has 4 aromatic rings. The number of nitrogens with one attached hydrogen (secondary N) is 1. The SMILES string of the molecule is CC1CC(Cn2ccc3cc(-c4cn[nH]c4)ncc32)CN1C(=O)c1ccccc1F. The maximum atomic E-state index is 14.1. The fraction of sp³-hybridized carbons (Fsp3) is 0.261. The van der Waals surface area contributed by atoms with Crippen molar-refractivity contribution >= 4 is 16.8 Å². The third-order valence-corrected chi connectivity index (χ3v) is 5.93. The Hall–Kier alpha value is -3.48. The zero-order valence-corrected chi connectivity index (χ0v) is 16.6. The van der Waals surface area contributed by atoms with Crippen LogP contribution < -0.4 is 0 Å². The predicted octanol–water partition coefficient (Wildman–Crippen LogP) is 4.12. The molecule has 0 radical (unpaired) electrons. The molecule has 30 heavy (non-hydrogen) atoms. The lowest BCUT2D eigenvalue weighted by molar-refractivity contribution is 0.0737. The van der Waals surface area contributed by atoms with Crippen LogP contribution in [0.15, 0.2) is 61.2 Å². The third-order valence-electron chi connectivity index (χ3n) is 5.93. The van der Waals surface area contributed by atoms with E-state index in [0.29, 0.717) is 12.5 Å². The van der Waals surface area contributed by atoms with Gasteiger partial charge in [0.25, 0.3) is 5.91 Å². The second-order valence-corrected chi connectivity index (χ2v) is 7.97. The first-order valence-corrected chi connectivity index (χ1v) is 10.1. The summed E-state index contributed by atoms with van der Waals surface area (Å²) in [5, 5.41) is 7.91. The van der Waals surface area contributed by atoms with Gasteiger partial charge in [-0.05, 0) is 43.5 Å². The van der Waals surface area contributed by atoms with Crippen LogP contribution in [0.4, 0.5) is 4.39 Å². The monoisotopic (exact) mass is 403 g/mol. The molecule has 1 aliphatic rings. The fourth-order valence-corrected chi connectivity index (χ4v) is 4.42. The van der Waals surface area contributed by atoms with Crippen molar-refractivity contribution in [3.05, 3.63) is 72.6 Å². The number of rotatable bonds is 4. The maximum Gasteiger partial charge on any atom is 0.257 e. The van der Waals surface area contributed by atoms with E-state index >= 15 is 0 Å².